The minimum Gasteiger partial charge on any atom is -0.331 e. The van der Waals surface area contributed by atoms with Gasteiger partial charge in [-0.05, 0) is 24.6 Å². The second kappa shape index (κ2) is 6.08. The van der Waals surface area contributed by atoms with Gasteiger partial charge in [0.2, 0.25) is 5.13 Å². The Labute approximate surface area is 122 Å². The Hall–Kier alpha value is -2.16. The molecule has 2 rings (SSSR count). The Morgan fingerprint density at radius 3 is 2.76 bits per heavy atom. The molecule has 0 aliphatic carbocycles. The van der Waals surface area contributed by atoms with Crippen molar-refractivity contribution in [3.8, 4) is 0 Å². The van der Waals surface area contributed by atoms with Crippen LogP contribution in [0, 0.1) is 0 Å². The van der Waals surface area contributed by atoms with E-state index in [0.717, 1.165) is 23.5 Å². The molecule has 0 saturated heterocycles. The van der Waals surface area contributed by atoms with Crippen molar-refractivity contribution in [1.82, 2.24) is 15.5 Å². The zero-order valence-corrected chi connectivity index (χ0v) is 11.6. The van der Waals surface area contributed by atoms with Gasteiger partial charge in [-0.2, -0.15) is 13.2 Å². The summed E-state index contributed by atoms with van der Waals surface area (Å²) < 4.78 is 37.9. The summed E-state index contributed by atoms with van der Waals surface area (Å²) in [6, 6.07) is 3.68. The Kier molecular flexibility index (Phi) is 4.41. The fourth-order valence-corrected chi connectivity index (χ4v) is 2.07. The lowest BCUT2D eigenvalue weighted by Crippen LogP contribution is -2.31. The molecule has 0 saturated carbocycles. The lowest BCUT2D eigenvalue weighted by atomic mass is 10.1. The number of halogens is 3. The molecule has 0 radical (unpaired) electrons. The number of hydrogen-bond donors (Lipinski definition) is 2. The number of carbonyl (C=O) groups is 1. The van der Waals surface area contributed by atoms with Crippen molar-refractivity contribution >= 4 is 22.5 Å². The predicted molar refractivity (Wildman–Crippen MR) is 71.9 cm³/mol. The minimum absolute atomic E-state index is 0.309. The van der Waals surface area contributed by atoms with Crippen molar-refractivity contribution in [2.75, 3.05) is 5.32 Å². The fourth-order valence-electron chi connectivity index (χ4n) is 1.63. The normalized spacial score (nSPS) is 12.8. The van der Waals surface area contributed by atoms with Gasteiger partial charge >= 0.3 is 12.2 Å². The molecule has 2 N–H and O–H groups in total. The number of anilines is 1. The van der Waals surface area contributed by atoms with Gasteiger partial charge in [-0.25, -0.2) is 4.79 Å². The van der Waals surface area contributed by atoms with Crippen LogP contribution in [0.25, 0.3) is 0 Å². The lowest BCUT2D eigenvalue weighted by molar-refractivity contribution is -0.137. The van der Waals surface area contributed by atoms with Gasteiger partial charge in [-0.15, -0.1) is 10.2 Å². The number of alkyl halides is 3. The molecule has 1 atom stereocenters. The zero-order valence-electron chi connectivity index (χ0n) is 10.8. The molecule has 9 heteroatoms. The quantitative estimate of drug-likeness (QED) is 0.911. The van der Waals surface area contributed by atoms with Gasteiger partial charge in [-0.3, -0.25) is 5.32 Å². The SMILES string of the molecule is C[C@@H](NC(=O)Nc1nncs1)c1cccc(C(F)(F)F)c1. The van der Waals surface area contributed by atoms with Crippen LogP contribution in [0.4, 0.5) is 23.1 Å². The monoisotopic (exact) mass is 316 g/mol. The van der Waals surface area contributed by atoms with Crippen LogP contribution in [0.15, 0.2) is 29.8 Å². The summed E-state index contributed by atoms with van der Waals surface area (Å²) in [4.78, 5) is 11.7. The minimum atomic E-state index is -4.41. The van der Waals surface area contributed by atoms with E-state index in [1.807, 2.05) is 0 Å². The summed E-state index contributed by atoms with van der Waals surface area (Å²) in [6.07, 6.45) is -4.41. The maximum absolute atomic E-state index is 12.6. The first-order chi connectivity index (χ1) is 9.86. The highest BCUT2D eigenvalue weighted by molar-refractivity contribution is 7.13. The summed E-state index contributed by atoms with van der Waals surface area (Å²) in [5.41, 5.74) is 1.06. The molecule has 5 nitrogen and oxygen atoms in total. The van der Waals surface area contributed by atoms with Gasteiger partial charge < -0.3 is 5.32 Å². The highest BCUT2D eigenvalue weighted by atomic mass is 32.1. The van der Waals surface area contributed by atoms with E-state index in [0.29, 0.717) is 10.7 Å². The fraction of sp³-hybridized carbons (Fsp3) is 0.250. The molecule has 1 aromatic heterocycles. The molecule has 0 aliphatic heterocycles. The van der Waals surface area contributed by atoms with Crippen LogP contribution in [-0.2, 0) is 6.18 Å². The number of rotatable bonds is 3. The number of nitrogens with zero attached hydrogens (tertiary/aromatic N) is 2. The maximum Gasteiger partial charge on any atom is 0.416 e. The van der Waals surface area contributed by atoms with Crippen LogP contribution in [0.3, 0.4) is 0 Å². The molecule has 21 heavy (non-hydrogen) atoms. The number of carbonyl (C=O) groups excluding carboxylic acids is 1. The van der Waals surface area contributed by atoms with Gasteiger partial charge in [0.15, 0.2) is 0 Å². The number of aromatic nitrogens is 2. The number of benzene rings is 1. The van der Waals surface area contributed by atoms with Crippen molar-refractivity contribution < 1.29 is 18.0 Å². The van der Waals surface area contributed by atoms with E-state index in [9.17, 15) is 18.0 Å². The van der Waals surface area contributed by atoms with Crippen molar-refractivity contribution in [3.05, 3.63) is 40.9 Å². The van der Waals surface area contributed by atoms with Crippen molar-refractivity contribution in [1.29, 1.82) is 0 Å². The van der Waals surface area contributed by atoms with Crippen LogP contribution in [0.2, 0.25) is 0 Å². The van der Waals surface area contributed by atoms with Crippen molar-refractivity contribution in [3.63, 3.8) is 0 Å². The van der Waals surface area contributed by atoms with Crippen LogP contribution < -0.4 is 10.6 Å². The largest absolute Gasteiger partial charge is 0.416 e. The zero-order chi connectivity index (χ0) is 15.5. The number of nitrogens with one attached hydrogen (secondary N) is 2. The molecule has 0 bridgehead atoms. The summed E-state index contributed by atoms with van der Waals surface area (Å²) in [5.74, 6) is 0. The Bertz CT molecular complexity index is 615. The van der Waals surface area contributed by atoms with Crippen LogP contribution in [0.1, 0.15) is 24.1 Å². The smallest absolute Gasteiger partial charge is 0.331 e. The van der Waals surface area contributed by atoms with E-state index in [1.54, 1.807) is 6.92 Å². The number of amides is 2. The third-order valence-corrected chi connectivity index (χ3v) is 3.25. The van der Waals surface area contributed by atoms with E-state index in [-0.39, 0.29) is 0 Å². The van der Waals surface area contributed by atoms with E-state index in [2.05, 4.69) is 20.8 Å². The van der Waals surface area contributed by atoms with Gasteiger partial charge in [0.05, 0.1) is 11.6 Å². The van der Waals surface area contributed by atoms with Gasteiger partial charge in [0, 0.05) is 0 Å². The van der Waals surface area contributed by atoms with Crippen LogP contribution in [0.5, 0.6) is 0 Å². The average Bonchev–Trinajstić information content (AvgIpc) is 2.90. The predicted octanol–water partition coefficient (Wildman–Crippen LogP) is 3.44. The van der Waals surface area contributed by atoms with E-state index >= 15 is 0 Å². The van der Waals surface area contributed by atoms with Gasteiger partial charge in [0.1, 0.15) is 5.51 Å². The van der Waals surface area contributed by atoms with Crippen LogP contribution in [-0.4, -0.2) is 16.2 Å². The molecule has 0 aliphatic rings. The first-order valence-electron chi connectivity index (χ1n) is 5.87. The molecule has 112 valence electrons. The number of hydrogen-bond acceptors (Lipinski definition) is 4. The summed E-state index contributed by atoms with van der Waals surface area (Å²) in [5, 5.41) is 12.5. The molecule has 0 spiro atoms. The Morgan fingerprint density at radius 1 is 1.38 bits per heavy atom. The maximum atomic E-state index is 12.6. The molecule has 2 amide bonds. The van der Waals surface area contributed by atoms with Gasteiger partial charge in [0.25, 0.3) is 0 Å². The Morgan fingerprint density at radius 2 is 2.14 bits per heavy atom. The first-order valence-corrected chi connectivity index (χ1v) is 6.75. The first kappa shape index (κ1) is 15.2. The van der Waals surface area contributed by atoms with Crippen LogP contribution >= 0.6 is 11.3 Å². The molecule has 0 fully saturated rings. The Balaban J connectivity index is 2.03. The van der Waals surface area contributed by atoms with Crippen molar-refractivity contribution in [2.45, 2.75) is 19.1 Å². The highest BCUT2D eigenvalue weighted by Gasteiger charge is 2.30. The topological polar surface area (TPSA) is 66.9 Å². The third kappa shape index (κ3) is 4.15. The van der Waals surface area contributed by atoms with Gasteiger partial charge in [-0.1, -0.05) is 23.5 Å². The molecular weight excluding hydrogens is 305 g/mol. The lowest BCUT2D eigenvalue weighted by Gasteiger charge is -2.16. The molecule has 2 aromatic rings. The summed E-state index contributed by atoms with van der Waals surface area (Å²) >= 11 is 1.14. The van der Waals surface area contributed by atoms with E-state index < -0.39 is 23.8 Å². The molecule has 1 heterocycles. The third-order valence-electron chi connectivity index (χ3n) is 2.64. The van der Waals surface area contributed by atoms with E-state index in [4.69, 9.17) is 0 Å². The second-order valence-corrected chi connectivity index (χ2v) is 5.02. The average molecular weight is 316 g/mol. The van der Waals surface area contributed by atoms with E-state index in [1.165, 1.54) is 17.6 Å². The van der Waals surface area contributed by atoms with Crippen molar-refractivity contribution in [2.24, 2.45) is 0 Å². The highest BCUT2D eigenvalue weighted by Crippen LogP contribution is 2.30. The molecular formula is C12H11F3N4OS. The standard InChI is InChI=1S/C12H11F3N4OS/c1-7(17-10(20)18-11-19-16-6-21-11)8-3-2-4-9(5-8)12(13,14)15/h2-7H,1H3,(H2,17,18,19,20)/t7-/m1/s1. The number of urea groups is 1. The summed E-state index contributed by atoms with van der Waals surface area (Å²) in [6.45, 7) is 1.59. The molecule has 0 unspecified atom stereocenters. The summed E-state index contributed by atoms with van der Waals surface area (Å²) in [7, 11) is 0. The molecule has 1 aromatic carbocycles. The second-order valence-electron chi connectivity index (χ2n) is 4.19.